The molecule has 3 aromatic rings. The summed E-state index contributed by atoms with van der Waals surface area (Å²) in [6, 6.07) is 17.2. The number of nitrogens with one attached hydrogen (secondary N) is 1. The van der Waals surface area contributed by atoms with Crippen molar-refractivity contribution < 1.29 is 14.4 Å². The first kappa shape index (κ1) is 22.5. The largest absolute Gasteiger partial charge is 0.332 e. The molecule has 0 aliphatic carbocycles. The van der Waals surface area contributed by atoms with E-state index in [1.807, 2.05) is 54.6 Å². The van der Waals surface area contributed by atoms with Gasteiger partial charge in [0.2, 0.25) is 5.91 Å². The van der Waals surface area contributed by atoms with Gasteiger partial charge < -0.3 is 10.2 Å². The molecule has 2 aromatic carbocycles. The Balaban J connectivity index is 1.29. The van der Waals surface area contributed by atoms with Crippen LogP contribution in [0.1, 0.15) is 49.2 Å². The normalized spacial score (nSPS) is 22.9. The summed E-state index contributed by atoms with van der Waals surface area (Å²) in [7, 11) is 0. The van der Waals surface area contributed by atoms with E-state index in [9.17, 15) is 14.4 Å². The summed E-state index contributed by atoms with van der Waals surface area (Å²) in [4.78, 5) is 46.9. The Morgan fingerprint density at radius 1 is 1.12 bits per heavy atom. The summed E-state index contributed by atoms with van der Waals surface area (Å²) in [6.07, 6.45) is 3.90. The molecular weight excluding hydrogens is 448 g/mol. The number of rotatable bonds is 6. The molecule has 0 spiro atoms. The highest BCUT2D eigenvalue weighted by atomic mass is 32.1. The molecule has 34 heavy (non-hydrogen) atoms. The van der Waals surface area contributed by atoms with Crippen LogP contribution in [0.15, 0.2) is 54.6 Å². The molecule has 0 radical (unpaired) electrons. The van der Waals surface area contributed by atoms with Crippen LogP contribution in [-0.2, 0) is 16.0 Å². The van der Waals surface area contributed by atoms with Crippen molar-refractivity contribution in [2.75, 3.05) is 13.1 Å². The molecule has 0 saturated carbocycles. The number of piperidine rings is 1. The Hall–Kier alpha value is -3.26. The van der Waals surface area contributed by atoms with E-state index in [2.05, 4.69) is 5.32 Å². The summed E-state index contributed by atoms with van der Waals surface area (Å²) >= 11 is 1.61. The van der Waals surface area contributed by atoms with Gasteiger partial charge in [-0.1, -0.05) is 42.5 Å². The molecule has 4 amide bonds. The zero-order valence-electron chi connectivity index (χ0n) is 19.2. The van der Waals surface area contributed by atoms with Crippen molar-refractivity contribution in [3.05, 3.63) is 65.2 Å². The number of benzene rings is 2. The lowest BCUT2D eigenvalue weighted by Gasteiger charge is -2.35. The molecule has 2 aliphatic heterocycles. The van der Waals surface area contributed by atoms with Gasteiger partial charge in [-0.2, -0.15) is 0 Å². The number of aryl methyl sites for hydroxylation is 1. The van der Waals surface area contributed by atoms with Crippen molar-refractivity contribution in [1.82, 2.24) is 20.1 Å². The maximum atomic E-state index is 13.4. The lowest BCUT2D eigenvalue weighted by Crippen LogP contribution is -2.47. The van der Waals surface area contributed by atoms with Crippen LogP contribution in [0.4, 0.5) is 4.79 Å². The Labute approximate surface area is 202 Å². The van der Waals surface area contributed by atoms with Crippen molar-refractivity contribution in [3.8, 4) is 0 Å². The molecule has 0 unspecified atom stereocenters. The average Bonchev–Trinajstić information content (AvgIpc) is 3.38. The average molecular weight is 477 g/mol. The molecule has 3 heterocycles. The molecule has 7 nitrogen and oxygen atoms in total. The molecule has 8 heteroatoms. The summed E-state index contributed by atoms with van der Waals surface area (Å²) < 4.78 is 1.10. The molecular formula is C26H28N4O3S. The SMILES string of the molecule is C[C@]1(CCc2ccccc2)NC(=O)N(CC(=O)N2CCCC[C@H]2c2nc3ccccc3s2)C1=O. The summed E-state index contributed by atoms with van der Waals surface area (Å²) in [6.45, 7) is 2.10. The molecule has 2 atom stereocenters. The van der Waals surface area contributed by atoms with E-state index in [4.69, 9.17) is 4.98 Å². The van der Waals surface area contributed by atoms with Gasteiger partial charge in [-0.25, -0.2) is 9.78 Å². The predicted molar refractivity (Wildman–Crippen MR) is 131 cm³/mol. The maximum absolute atomic E-state index is 13.4. The van der Waals surface area contributed by atoms with Crippen molar-refractivity contribution in [2.24, 2.45) is 0 Å². The topological polar surface area (TPSA) is 82.6 Å². The van der Waals surface area contributed by atoms with E-state index in [1.54, 1.807) is 23.2 Å². The number of imide groups is 1. The second-order valence-electron chi connectivity index (χ2n) is 9.26. The number of amides is 4. The number of fused-ring (bicyclic) bond motifs is 1. The van der Waals surface area contributed by atoms with Gasteiger partial charge in [0.05, 0.1) is 16.3 Å². The molecule has 2 aliphatic rings. The fourth-order valence-corrected chi connectivity index (χ4v) is 5.96. The maximum Gasteiger partial charge on any atom is 0.325 e. The molecule has 0 bridgehead atoms. The first-order valence-corrected chi connectivity index (χ1v) is 12.6. The van der Waals surface area contributed by atoms with E-state index in [0.717, 1.165) is 45.0 Å². The number of para-hydroxylation sites is 1. The number of carbonyl (C=O) groups excluding carboxylic acids is 3. The molecule has 2 fully saturated rings. The summed E-state index contributed by atoms with van der Waals surface area (Å²) in [5, 5.41) is 3.74. The quantitative estimate of drug-likeness (QED) is 0.538. The molecule has 176 valence electrons. The highest BCUT2D eigenvalue weighted by Gasteiger charge is 2.48. The van der Waals surface area contributed by atoms with Crippen molar-refractivity contribution >= 4 is 39.4 Å². The first-order chi connectivity index (χ1) is 16.4. The minimum atomic E-state index is -1.01. The van der Waals surface area contributed by atoms with Gasteiger partial charge in [0.1, 0.15) is 17.1 Å². The van der Waals surface area contributed by atoms with Crippen LogP contribution < -0.4 is 5.32 Å². The van der Waals surface area contributed by atoms with Crippen molar-refractivity contribution in [2.45, 2.75) is 50.6 Å². The number of hydrogen-bond acceptors (Lipinski definition) is 5. The number of urea groups is 1. The first-order valence-electron chi connectivity index (χ1n) is 11.8. The van der Waals surface area contributed by atoms with Crippen molar-refractivity contribution in [1.29, 1.82) is 0 Å². The van der Waals surface area contributed by atoms with Gasteiger partial charge in [0.15, 0.2) is 0 Å². The minimum Gasteiger partial charge on any atom is -0.332 e. The highest BCUT2D eigenvalue weighted by Crippen LogP contribution is 2.36. The number of aromatic nitrogens is 1. The van der Waals surface area contributed by atoms with Crippen LogP contribution in [0, 0.1) is 0 Å². The van der Waals surface area contributed by atoms with Gasteiger partial charge in [-0.3, -0.25) is 14.5 Å². The third kappa shape index (κ3) is 4.30. The van der Waals surface area contributed by atoms with E-state index >= 15 is 0 Å². The third-order valence-electron chi connectivity index (χ3n) is 6.81. The van der Waals surface area contributed by atoms with Crippen LogP contribution in [0.2, 0.25) is 0 Å². The molecule has 1 aromatic heterocycles. The molecule has 1 N–H and O–H groups in total. The lowest BCUT2D eigenvalue weighted by molar-refractivity contribution is -0.141. The second-order valence-corrected chi connectivity index (χ2v) is 10.3. The van der Waals surface area contributed by atoms with Crippen molar-refractivity contribution in [3.63, 3.8) is 0 Å². The Morgan fingerprint density at radius 2 is 1.88 bits per heavy atom. The van der Waals surface area contributed by atoms with Crippen LogP contribution >= 0.6 is 11.3 Å². The number of thiazole rings is 1. The predicted octanol–water partition coefficient (Wildman–Crippen LogP) is 4.29. The smallest absolute Gasteiger partial charge is 0.325 e. The summed E-state index contributed by atoms with van der Waals surface area (Å²) in [5.41, 5.74) is 1.03. The monoisotopic (exact) mass is 476 g/mol. The Morgan fingerprint density at radius 3 is 2.68 bits per heavy atom. The second kappa shape index (κ2) is 9.18. The van der Waals surface area contributed by atoms with E-state index in [-0.39, 0.29) is 24.4 Å². The van der Waals surface area contributed by atoms with E-state index < -0.39 is 11.6 Å². The van der Waals surface area contributed by atoms with E-state index in [0.29, 0.717) is 19.4 Å². The van der Waals surface area contributed by atoms with Crippen LogP contribution in [0.5, 0.6) is 0 Å². The van der Waals surface area contributed by atoms with Gasteiger partial charge >= 0.3 is 6.03 Å². The van der Waals surface area contributed by atoms with Crippen LogP contribution in [0.25, 0.3) is 10.2 Å². The fourth-order valence-electron chi connectivity index (χ4n) is 4.84. The summed E-state index contributed by atoms with van der Waals surface area (Å²) in [5.74, 6) is -0.546. The van der Waals surface area contributed by atoms with Gasteiger partial charge in [0.25, 0.3) is 5.91 Å². The zero-order chi connectivity index (χ0) is 23.7. The van der Waals surface area contributed by atoms with Crippen LogP contribution in [0.3, 0.4) is 0 Å². The third-order valence-corrected chi connectivity index (χ3v) is 7.95. The number of carbonyl (C=O) groups is 3. The Bertz CT molecular complexity index is 1190. The van der Waals surface area contributed by atoms with E-state index in [1.165, 1.54) is 0 Å². The fraction of sp³-hybridized carbons (Fsp3) is 0.385. The number of hydrogen-bond donors (Lipinski definition) is 1. The standard InChI is InChI=1S/C26H28N4O3S/c1-26(15-14-18-9-3-2-4-10-18)24(32)30(25(33)28-26)17-22(31)29-16-8-7-12-20(29)23-27-19-11-5-6-13-21(19)34-23/h2-6,9-11,13,20H,7-8,12,14-17H2,1H3,(H,28,33)/t20-,26+/m0/s1. The number of nitrogens with zero attached hydrogens (tertiary/aromatic N) is 3. The molecule has 2 saturated heterocycles. The highest BCUT2D eigenvalue weighted by molar-refractivity contribution is 7.18. The number of likely N-dealkylation sites (tertiary alicyclic amines) is 1. The van der Waals surface area contributed by atoms with Gasteiger partial charge in [0, 0.05) is 6.54 Å². The minimum absolute atomic E-state index is 0.121. The van der Waals surface area contributed by atoms with Gasteiger partial charge in [-0.15, -0.1) is 11.3 Å². The van der Waals surface area contributed by atoms with Crippen LogP contribution in [-0.4, -0.2) is 51.3 Å². The zero-order valence-corrected chi connectivity index (χ0v) is 20.0. The molecule has 5 rings (SSSR count). The van der Waals surface area contributed by atoms with Gasteiger partial charge in [-0.05, 0) is 56.7 Å². The Kier molecular flexibility index (Phi) is 6.08. The lowest BCUT2D eigenvalue weighted by atomic mass is 9.93.